The largest absolute Gasteiger partial charge is 0.462 e. The Morgan fingerprint density at radius 2 is 2.29 bits per heavy atom. The summed E-state index contributed by atoms with van der Waals surface area (Å²) in [5.74, 6) is -0.734. The minimum Gasteiger partial charge on any atom is -0.462 e. The molecular weight excluding hydrogens is 272 g/mol. The number of nitriles is 1. The summed E-state index contributed by atoms with van der Waals surface area (Å²) in [6.45, 7) is 1.81. The molecule has 0 bridgehead atoms. The Kier molecular flexibility index (Phi) is 2.92. The molecule has 3 rings (SSSR count). The summed E-state index contributed by atoms with van der Waals surface area (Å²) in [5.41, 5.74) is 0.557. The smallest absolute Gasteiger partial charge is 0.343 e. The SMILES string of the molecule is CCOC(=O)c1cc(C#N)c2c3ccnn3ccn2c1=O. The van der Waals surface area contributed by atoms with Gasteiger partial charge in [-0.05, 0) is 19.1 Å². The Labute approximate surface area is 118 Å². The first kappa shape index (κ1) is 12.9. The van der Waals surface area contributed by atoms with E-state index in [2.05, 4.69) is 5.10 Å². The van der Waals surface area contributed by atoms with E-state index in [0.29, 0.717) is 11.0 Å². The highest BCUT2D eigenvalue weighted by atomic mass is 16.5. The molecule has 0 aliphatic carbocycles. The van der Waals surface area contributed by atoms with Crippen LogP contribution < -0.4 is 5.56 Å². The van der Waals surface area contributed by atoms with E-state index < -0.39 is 11.5 Å². The Hall–Kier alpha value is -3.14. The number of hydrogen-bond donors (Lipinski definition) is 0. The number of carbonyl (C=O) groups is 1. The molecule has 7 heteroatoms. The van der Waals surface area contributed by atoms with Gasteiger partial charge in [0.2, 0.25) is 0 Å². The molecule has 0 aliphatic rings. The molecule has 0 N–H and O–H groups in total. The van der Waals surface area contributed by atoms with E-state index in [1.54, 1.807) is 29.9 Å². The minimum absolute atomic E-state index is 0.157. The minimum atomic E-state index is -0.734. The molecule has 0 aliphatic heterocycles. The average Bonchev–Trinajstić information content (AvgIpc) is 2.96. The summed E-state index contributed by atoms with van der Waals surface area (Å²) in [4.78, 5) is 24.2. The Morgan fingerprint density at radius 1 is 1.48 bits per heavy atom. The van der Waals surface area contributed by atoms with Gasteiger partial charge in [0.15, 0.2) is 0 Å². The van der Waals surface area contributed by atoms with Crippen molar-refractivity contribution < 1.29 is 9.53 Å². The van der Waals surface area contributed by atoms with Gasteiger partial charge in [0.1, 0.15) is 11.6 Å². The van der Waals surface area contributed by atoms with Gasteiger partial charge in [0.25, 0.3) is 5.56 Å². The highest BCUT2D eigenvalue weighted by Crippen LogP contribution is 2.16. The first-order valence-corrected chi connectivity index (χ1v) is 6.26. The molecule has 0 aromatic carbocycles. The zero-order valence-corrected chi connectivity index (χ0v) is 11.1. The van der Waals surface area contributed by atoms with Gasteiger partial charge < -0.3 is 4.74 Å². The van der Waals surface area contributed by atoms with E-state index in [1.165, 1.54) is 16.7 Å². The highest BCUT2D eigenvalue weighted by molar-refractivity contribution is 5.92. The molecule has 3 aromatic rings. The van der Waals surface area contributed by atoms with Crippen molar-refractivity contribution in [2.24, 2.45) is 0 Å². The number of pyridine rings is 1. The maximum atomic E-state index is 12.4. The van der Waals surface area contributed by atoms with Gasteiger partial charge in [-0.15, -0.1) is 0 Å². The fourth-order valence-corrected chi connectivity index (χ4v) is 2.23. The number of esters is 1. The second-order valence-corrected chi connectivity index (χ2v) is 4.29. The van der Waals surface area contributed by atoms with E-state index in [-0.39, 0.29) is 17.7 Å². The van der Waals surface area contributed by atoms with E-state index in [1.807, 2.05) is 6.07 Å². The van der Waals surface area contributed by atoms with Gasteiger partial charge in [-0.25, -0.2) is 9.31 Å². The molecule has 21 heavy (non-hydrogen) atoms. The standard InChI is InChI=1S/C14H10N4O3/c1-2-21-14(20)10-7-9(8-15)12-11-3-4-16-18(11)6-5-17(12)13(10)19/h3-7H,2H2,1H3. The Balaban J connectivity index is 2.45. The van der Waals surface area contributed by atoms with Crippen molar-refractivity contribution in [1.29, 1.82) is 5.26 Å². The molecule has 104 valence electrons. The van der Waals surface area contributed by atoms with Crippen LogP contribution in [0.25, 0.3) is 11.0 Å². The first-order chi connectivity index (χ1) is 10.2. The van der Waals surface area contributed by atoms with E-state index in [0.717, 1.165) is 0 Å². The van der Waals surface area contributed by atoms with Gasteiger partial charge in [-0.1, -0.05) is 0 Å². The van der Waals surface area contributed by atoms with Crippen molar-refractivity contribution in [3.05, 3.63) is 52.2 Å². The maximum Gasteiger partial charge on any atom is 0.343 e. The number of fused-ring (bicyclic) bond motifs is 3. The lowest BCUT2D eigenvalue weighted by atomic mass is 10.1. The van der Waals surface area contributed by atoms with Gasteiger partial charge in [0.05, 0.1) is 29.4 Å². The lowest BCUT2D eigenvalue weighted by Crippen LogP contribution is -2.24. The Morgan fingerprint density at radius 3 is 3.00 bits per heavy atom. The number of aromatic nitrogens is 3. The van der Waals surface area contributed by atoms with Crippen molar-refractivity contribution >= 4 is 17.0 Å². The number of carbonyl (C=O) groups excluding carboxylic acids is 1. The number of ether oxygens (including phenoxy) is 1. The van der Waals surface area contributed by atoms with Crippen molar-refractivity contribution in [1.82, 2.24) is 14.0 Å². The molecule has 0 fully saturated rings. The zero-order valence-electron chi connectivity index (χ0n) is 11.1. The molecular formula is C14H10N4O3. The van der Waals surface area contributed by atoms with Crippen LogP contribution in [0.3, 0.4) is 0 Å². The summed E-state index contributed by atoms with van der Waals surface area (Å²) in [6.07, 6.45) is 4.63. The quantitative estimate of drug-likeness (QED) is 0.654. The zero-order chi connectivity index (χ0) is 15.0. The van der Waals surface area contributed by atoms with Crippen molar-refractivity contribution in [3.8, 4) is 6.07 Å². The predicted octanol–water partition coefficient (Wildman–Crippen LogP) is 0.996. The molecule has 0 unspecified atom stereocenters. The van der Waals surface area contributed by atoms with Crippen LogP contribution in [0, 0.1) is 11.3 Å². The summed E-state index contributed by atoms with van der Waals surface area (Å²) in [7, 11) is 0. The predicted molar refractivity (Wildman–Crippen MR) is 73.1 cm³/mol. The molecule has 3 aromatic heterocycles. The summed E-state index contributed by atoms with van der Waals surface area (Å²) in [6, 6.07) is 4.97. The average molecular weight is 282 g/mol. The van der Waals surface area contributed by atoms with Crippen LogP contribution in [-0.4, -0.2) is 26.6 Å². The van der Waals surface area contributed by atoms with Crippen LogP contribution in [0.1, 0.15) is 22.8 Å². The van der Waals surface area contributed by atoms with Crippen LogP contribution in [-0.2, 0) is 4.74 Å². The molecule has 0 amide bonds. The third-order valence-electron chi connectivity index (χ3n) is 3.12. The molecule has 7 nitrogen and oxygen atoms in total. The monoisotopic (exact) mass is 282 g/mol. The van der Waals surface area contributed by atoms with E-state index in [9.17, 15) is 14.9 Å². The lowest BCUT2D eigenvalue weighted by Gasteiger charge is -2.08. The number of hydrogen-bond acceptors (Lipinski definition) is 5. The fourth-order valence-electron chi connectivity index (χ4n) is 2.23. The Bertz CT molecular complexity index is 962. The van der Waals surface area contributed by atoms with E-state index >= 15 is 0 Å². The molecule has 3 heterocycles. The first-order valence-electron chi connectivity index (χ1n) is 6.26. The maximum absolute atomic E-state index is 12.4. The summed E-state index contributed by atoms with van der Waals surface area (Å²) < 4.78 is 7.67. The van der Waals surface area contributed by atoms with Gasteiger partial charge in [0, 0.05) is 12.4 Å². The highest BCUT2D eigenvalue weighted by Gasteiger charge is 2.18. The molecule has 0 radical (unpaired) electrons. The molecule has 0 atom stereocenters. The third-order valence-corrected chi connectivity index (χ3v) is 3.12. The van der Waals surface area contributed by atoms with Crippen LogP contribution >= 0.6 is 0 Å². The van der Waals surface area contributed by atoms with Crippen molar-refractivity contribution in [3.63, 3.8) is 0 Å². The second kappa shape index (κ2) is 4.76. The molecule has 0 spiro atoms. The lowest BCUT2D eigenvalue weighted by molar-refractivity contribution is 0.0524. The molecule has 0 saturated heterocycles. The number of nitrogens with zero attached hydrogens (tertiary/aromatic N) is 4. The van der Waals surface area contributed by atoms with Crippen molar-refractivity contribution in [2.75, 3.05) is 6.61 Å². The normalized spacial score (nSPS) is 10.7. The topological polar surface area (TPSA) is 88.9 Å². The van der Waals surface area contributed by atoms with Crippen LogP contribution in [0.5, 0.6) is 0 Å². The van der Waals surface area contributed by atoms with Crippen LogP contribution in [0.2, 0.25) is 0 Å². The van der Waals surface area contributed by atoms with Gasteiger partial charge >= 0.3 is 5.97 Å². The summed E-state index contributed by atoms with van der Waals surface area (Å²) in [5, 5.41) is 13.4. The van der Waals surface area contributed by atoms with Crippen LogP contribution in [0.15, 0.2) is 35.5 Å². The van der Waals surface area contributed by atoms with Crippen molar-refractivity contribution in [2.45, 2.75) is 6.92 Å². The fraction of sp³-hybridized carbons (Fsp3) is 0.143. The van der Waals surface area contributed by atoms with E-state index in [4.69, 9.17) is 4.74 Å². The van der Waals surface area contributed by atoms with Crippen LogP contribution in [0.4, 0.5) is 0 Å². The van der Waals surface area contributed by atoms with Gasteiger partial charge in [-0.2, -0.15) is 10.4 Å². The summed E-state index contributed by atoms with van der Waals surface area (Å²) >= 11 is 0. The number of rotatable bonds is 2. The third kappa shape index (κ3) is 1.85. The van der Waals surface area contributed by atoms with Gasteiger partial charge in [-0.3, -0.25) is 9.20 Å². The second-order valence-electron chi connectivity index (χ2n) is 4.29. The molecule has 0 saturated carbocycles.